The van der Waals surface area contributed by atoms with Gasteiger partial charge in [0.2, 0.25) is 0 Å². The summed E-state index contributed by atoms with van der Waals surface area (Å²) in [5.74, 6) is -1.36. The number of hydrogen-bond donors (Lipinski definition) is 2. The first-order chi connectivity index (χ1) is 11.6. The Morgan fingerprint density at radius 2 is 1.88 bits per heavy atom. The minimum Gasteiger partial charge on any atom is -0.479 e. The van der Waals surface area contributed by atoms with Crippen LogP contribution in [0.4, 0.5) is 5.69 Å². The Hall–Kier alpha value is -1.95. The Bertz CT molecular complexity index is 597. The fourth-order valence-corrected chi connectivity index (χ4v) is 3.83. The molecular formula is C18H25N3O3. The number of pyridine rings is 1. The number of piperidine rings is 1. The van der Waals surface area contributed by atoms with Crippen LogP contribution in [-0.4, -0.2) is 46.5 Å². The van der Waals surface area contributed by atoms with Gasteiger partial charge in [-0.25, -0.2) is 4.79 Å². The second-order valence-electron chi connectivity index (χ2n) is 6.71. The summed E-state index contributed by atoms with van der Waals surface area (Å²) < 4.78 is 0. The van der Waals surface area contributed by atoms with Crippen molar-refractivity contribution in [1.29, 1.82) is 0 Å². The highest BCUT2D eigenvalue weighted by Crippen LogP contribution is 2.41. The molecule has 0 spiro atoms. The lowest BCUT2D eigenvalue weighted by Gasteiger charge is -2.43. The highest BCUT2D eigenvalue weighted by atomic mass is 16.4. The zero-order valence-electron chi connectivity index (χ0n) is 14.1. The maximum absolute atomic E-state index is 13.4. The molecular weight excluding hydrogens is 306 g/mol. The third-order valence-corrected chi connectivity index (χ3v) is 5.25. The summed E-state index contributed by atoms with van der Waals surface area (Å²) in [5.41, 5.74) is -0.705. The summed E-state index contributed by atoms with van der Waals surface area (Å²) in [4.78, 5) is 31.7. The van der Waals surface area contributed by atoms with Crippen molar-refractivity contribution >= 4 is 17.4 Å². The molecule has 0 radical (unpaired) electrons. The first kappa shape index (κ1) is 16.9. The largest absolute Gasteiger partial charge is 0.479 e. The Morgan fingerprint density at radius 3 is 2.38 bits per heavy atom. The lowest BCUT2D eigenvalue weighted by atomic mass is 9.78. The van der Waals surface area contributed by atoms with Gasteiger partial charge in [0.15, 0.2) is 11.3 Å². The average molecular weight is 331 g/mol. The summed E-state index contributed by atoms with van der Waals surface area (Å²) in [6, 6.07) is 3.73. The van der Waals surface area contributed by atoms with Crippen molar-refractivity contribution < 1.29 is 14.7 Å². The summed E-state index contributed by atoms with van der Waals surface area (Å²) in [7, 11) is 0. The van der Waals surface area contributed by atoms with Crippen molar-refractivity contribution in [3.05, 3.63) is 24.5 Å². The van der Waals surface area contributed by atoms with E-state index in [2.05, 4.69) is 10.3 Å². The molecule has 1 aliphatic carbocycles. The fourth-order valence-electron chi connectivity index (χ4n) is 3.83. The van der Waals surface area contributed by atoms with Crippen LogP contribution in [-0.2, 0) is 9.59 Å². The molecule has 6 heteroatoms. The van der Waals surface area contributed by atoms with Gasteiger partial charge in [-0.1, -0.05) is 6.92 Å². The third-order valence-electron chi connectivity index (χ3n) is 5.25. The molecule has 0 bridgehead atoms. The van der Waals surface area contributed by atoms with Crippen molar-refractivity contribution in [2.45, 2.75) is 50.6 Å². The maximum Gasteiger partial charge on any atom is 0.337 e. The van der Waals surface area contributed by atoms with E-state index in [1.54, 1.807) is 24.5 Å². The van der Waals surface area contributed by atoms with Crippen LogP contribution in [0.5, 0.6) is 0 Å². The average Bonchev–Trinajstić information content (AvgIpc) is 3.45. The standard InChI is InChI=1S/C18H25N3O3/c1-2-18(17(23)24,16(22)13-5-9-19-10-6-13)21(14-3-4-14)15-7-11-20-12-8-15/h7-8,11-14,19H,2-6,9-10H2,1H3,(H,23,24). The van der Waals surface area contributed by atoms with Crippen LogP contribution in [0.1, 0.15) is 39.0 Å². The van der Waals surface area contributed by atoms with E-state index in [9.17, 15) is 14.7 Å². The van der Waals surface area contributed by atoms with Crippen molar-refractivity contribution in [1.82, 2.24) is 10.3 Å². The molecule has 0 amide bonds. The first-order valence-corrected chi connectivity index (χ1v) is 8.79. The van der Waals surface area contributed by atoms with E-state index < -0.39 is 11.5 Å². The van der Waals surface area contributed by atoms with Crippen LogP contribution in [0.3, 0.4) is 0 Å². The number of carbonyl (C=O) groups excluding carboxylic acids is 1. The van der Waals surface area contributed by atoms with Crippen LogP contribution in [0.25, 0.3) is 0 Å². The number of rotatable bonds is 7. The van der Waals surface area contributed by atoms with Gasteiger partial charge in [0.05, 0.1) is 0 Å². The number of ketones is 1. The molecule has 2 fully saturated rings. The molecule has 1 aromatic rings. The molecule has 2 N–H and O–H groups in total. The Labute approximate surface area is 142 Å². The Kier molecular flexibility index (Phi) is 4.85. The van der Waals surface area contributed by atoms with E-state index in [-0.39, 0.29) is 24.2 Å². The molecule has 1 aliphatic heterocycles. The fraction of sp³-hybridized carbons (Fsp3) is 0.611. The number of anilines is 1. The molecule has 0 aromatic carbocycles. The molecule has 6 nitrogen and oxygen atoms in total. The molecule has 1 atom stereocenters. The van der Waals surface area contributed by atoms with Gasteiger partial charge in [-0.3, -0.25) is 9.78 Å². The topological polar surface area (TPSA) is 82.5 Å². The second-order valence-corrected chi connectivity index (χ2v) is 6.71. The van der Waals surface area contributed by atoms with Crippen LogP contribution < -0.4 is 10.2 Å². The number of aliphatic carboxylic acids is 1. The van der Waals surface area contributed by atoms with Crippen LogP contribution >= 0.6 is 0 Å². The SMILES string of the molecule is CCC(C(=O)O)(C(=O)C1CCNCC1)N(c1ccncc1)C1CC1. The number of Topliss-reactive ketones (excluding diaryl/α,β-unsaturated/α-hetero) is 1. The monoisotopic (exact) mass is 331 g/mol. The van der Waals surface area contributed by atoms with Gasteiger partial charge in [0.25, 0.3) is 0 Å². The molecule has 1 unspecified atom stereocenters. The van der Waals surface area contributed by atoms with E-state index in [1.807, 2.05) is 11.8 Å². The van der Waals surface area contributed by atoms with Crippen LogP contribution in [0, 0.1) is 5.92 Å². The van der Waals surface area contributed by atoms with Gasteiger partial charge in [-0.2, -0.15) is 0 Å². The normalized spacial score (nSPS) is 21.0. The highest BCUT2D eigenvalue weighted by Gasteiger charge is 2.55. The summed E-state index contributed by atoms with van der Waals surface area (Å²) in [6.07, 6.45) is 6.85. The van der Waals surface area contributed by atoms with Crippen molar-refractivity contribution in [2.75, 3.05) is 18.0 Å². The molecule has 1 aromatic heterocycles. The minimum absolute atomic E-state index is 0.120. The number of carboxylic acid groups (broad SMARTS) is 1. The van der Waals surface area contributed by atoms with E-state index >= 15 is 0 Å². The quantitative estimate of drug-likeness (QED) is 0.742. The van der Waals surface area contributed by atoms with Gasteiger partial charge >= 0.3 is 5.97 Å². The zero-order valence-corrected chi connectivity index (χ0v) is 14.1. The van der Waals surface area contributed by atoms with Gasteiger partial charge < -0.3 is 15.3 Å². The third kappa shape index (κ3) is 2.90. The molecule has 1 saturated carbocycles. The highest BCUT2D eigenvalue weighted by molar-refractivity contribution is 6.12. The van der Waals surface area contributed by atoms with Crippen molar-refractivity contribution in [2.24, 2.45) is 5.92 Å². The number of carboxylic acids is 1. The van der Waals surface area contributed by atoms with E-state index in [0.717, 1.165) is 31.6 Å². The number of hydrogen-bond acceptors (Lipinski definition) is 5. The van der Waals surface area contributed by atoms with Gasteiger partial charge in [0.1, 0.15) is 0 Å². The second kappa shape index (κ2) is 6.89. The lowest BCUT2D eigenvalue weighted by molar-refractivity contribution is -0.150. The number of carbonyl (C=O) groups is 2. The first-order valence-electron chi connectivity index (χ1n) is 8.79. The maximum atomic E-state index is 13.4. The molecule has 130 valence electrons. The van der Waals surface area contributed by atoms with Gasteiger partial charge in [-0.15, -0.1) is 0 Å². The predicted octanol–water partition coefficient (Wildman–Crippen LogP) is 1.85. The van der Waals surface area contributed by atoms with E-state index in [4.69, 9.17) is 0 Å². The van der Waals surface area contributed by atoms with E-state index in [1.165, 1.54) is 0 Å². The molecule has 3 rings (SSSR count). The summed E-state index contributed by atoms with van der Waals surface area (Å²) in [5, 5.41) is 13.4. The Balaban J connectivity index is 2.03. The zero-order chi connectivity index (χ0) is 17.2. The summed E-state index contributed by atoms with van der Waals surface area (Å²) in [6.45, 7) is 3.35. The van der Waals surface area contributed by atoms with Crippen LogP contribution in [0.15, 0.2) is 24.5 Å². The molecule has 24 heavy (non-hydrogen) atoms. The molecule has 2 heterocycles. The molecule has 1 saturated heterocycles. The smallest absolute Gasteiger partial charge is 0.337 e. The van der Waals surface area contributed by atoms with Crippen LogP contribution in [0.2, 0.25) is 0 Å². The number of nitrogens with zero attached hydrogens (tertiary/aromatic N) is 2. The van der Waals surface area contributed by atoms with Gasteiger partial charge in [0, 0.05) is 30.0 Å². The number of aromatic nitrogens is 1. The predicted molar refractivity (Wildman–Crippen MR) is 91.0 cm³/mol. The van der Waals surface area contributed by atoms with Gasteiger partial charge in [-0.05, 0) is 57.3 Å². The lowest BCUT2D eigenvalue weighted by Crippen LogP contribution is -2.63. The summed E-state index contributed by atoms with van der Waals surface area (Å²) >= 11 is 0. The van der Waals surface area contributed by atoms with Crippen molar-refractivity contribution in [3.8, 4) is 0 Å². The minimum atomic E-state index is -1.48. The Morgan fingerprint density at radius 1 is 1.25 bits per heavy atom. The van der Waals surface area contributed by atoms with Crippen molar-refractivity contribution in [3.63, 3.8) is 0 Å². The van der Waals surface area contributed by atoms with E-state index in [0.29, 0.717) is 12.8 Å². The number of nitrogens with one attached hydrogen (secondary N) is 1. The molecule has 2 aliphatic rings.